The van der Waals surface area contributed by atoms with E-state index in [2.05, 4.69) is 11.9 Å². The predicted molar refractivity (Wildman–Crippen MR) is 51.6 cm³/mol. The fourth-order valence-electron chi connectivity index (χ4n) is 1.26. The third-order valence-corrected chi connectivity index (χ3v) is 2.43. The molecule has 3 heteroatoms. The Balaban J connectivity index is 2.30. The van der Waals surface area contributed by atoms with Crippen molar-refractivity contribution in [1.82, 2.24) is 5.32 Å². The number of nitrogens with one attached hydrogen (secondary N) is 1. The van der Waals surface area contributed by atoms with Gasteiger partial charge in [0.15, 0.2) is 0 Å². The maximum atomic E-state index is 10.8. The number of carboxylic acid groups (broad SMARTS) is 1. The molecule has 0 saturated heterocycles. The molecule has 0 aromatic heterocycles. The van der Waals surface area contributed by atoms with Gasteiger partial charge in [-0.1, -0.05) is 19.1 Å². The summed E-state index contributed by atoms with van der Waals surface area (Å²) in [6.45, 7) is 6.48. The van der Waals surface area contributed by atoms with Gasteiger partial charge in [0.1, 0.15) is 6.04 Å². The van der Waals surface area contributed by atoms with E-state index in [1.165, 1.54) is 0 Å². The first-order valence-corrected chi connectivity index (χ1v) is 4.78. The number of hydrogen-bond acceptors (Lipinski definition) is 2. The Morgan fingerprint density at radius 2 is 2.31 bits per heavy atom. The molecule has 1 aliphatic rings. The second kappa shape index (κ2) is 4.42. The van der Waals surface area contributed by atoms with Crippen LogP contribution in [0.1, 0.15) is 26.2 Å². The zero-order valence-electron chi connectivity index (χ0n) is 8.05. The molecule has 1 fully saturated rings. The van der Waals surface area contributed by atoms with Crippen LogP contribution in [0.4, 0.5) is 0 Å². The van der Waals surface area contributed by atoms with E-state index in [4.69, 9.17) is 5.11 Å². The summed E-state index contributed by atoms with van der Waals surface area (Å²) < 4.78 is 0. The van der Waals surface area contributed by atoms with Gasteiger partial charge in [-0.05, 0) is 25.2 Å². The molecule has 1 saturated carbocycles. The van der Waals surface area contributed by atoms with Gasteiger partial charge in [-0.15, -0.1) is 0 Å². The fourth-order valence-corrected chi connectivity index (χ4v) is 1.26. The lowest BCUT2D eigenvalue weighted by atomic mass is 10.1. The lowest BCUT2D eigenvalue weighted by Crippen LogP contribution is -2.39. The van der Waals surface area contributed by atoms with Crippen molar-refractivity contribution < 1.29 is 9.90 Å². The Morgan fingerprint density at radius 3 is 2.69 bits per heavy atom. The van der Waals surface area contributed by atoms with Crippen molar-refractivity contribution in [3.05, 3.63) is 12.2 Å². The first-order valence-electron chi connectivity index (χ1n) is 4.78. The molecule has 0 aromatic carbocycles. The van der Waals surface area contributed by atoms with Gasteiger partial charge in [0.2, 0.25) is 0 Å². The summed E-state index contributed by atoms with van der Waals surface area (Å²) in [5, 5.41) is 11.9. The molecule has 74 valence electrons. The maximum Gasteiger partial charge on any atom is 0.320 e. The molecule has 1 unspecified atom stereocenters. The number of aliphatic carboxylic acids is 1. The normalized spacial score (nSPS) is 18.2. The van der Waals surface area contributed by atoms with Crippen molar-refractivity contribution in [1.29, 1.82) is 0 Å². The van der Waals surface area contributed by atoms with E-state index in [1.54, 1.807) is 0 Å². The maximum absolute atomic E-state index is 10.8. The smallest absolute Gasteiger partial charge is 0.320 e. The monoisotopic (exact) mass is 183 g/mol. The van der Waals surface area contributed by atoms with Crippen molar-refractivity contribution in [2.75, 3.05) is 6.54 Å². The third kappa shape index (κ3) is 3.19. The summed E-state index contributed by atoms with van der Waals surface area (Å²) in [6.07, 6.45) is 3.00. The quantitative estimate of drug-likeness (QED) is 0.612. The standard InChI is InChI=1S/C10H17NO2/c1-3-7(2)6-11-9(10(12)13)8-4-5-8/h8-9,11H,2-6H2,1H3,(H,12,13). The molecule has 2 N–H and O–H groups in total. The molecular weight excluding hydrogens is 166 g/mol. The molecule has 1 aliphatic carbocycles. The minimum Gasteiger partial charge on any atom is -0.480 e. The SMILES string of the molecule is C=C(CC)CNC(C(=O)O)C1CC1. The highest BCUT2D eigenvalue weighted by atomic mass is 16.4. The Bertz CT molecular complexity index is 209. The zero-order valence-corrected chi connectivity index (χ0v) is 8.05. The van der Waals surface area contributed by atoms with Gasteiger partial charge in [0.25, 0.3) is 0 Å². The first kappa shape index (κ1) is 10.3. The molecule has 0 aliphatic heterocycles. The van der Waals surface area contributed by atoms with E-state index >= 15 is 0 Å². The van der Waals surface area contributed by atoms with Gasteiger partial charge in [0.05, 0.1) is 0 Å². The highest BCUT2D eigenvalue weighted by Gasteiger charge is 2.35. The van der Waals surface area contributed by atoms with E-state index in [1.807, 2.05) is 6.92 Å². The second-order valence-corrected chi connectivity index (χ2v) is 3.64. The van der Waals surface area contributed by atoms with Crippen LogP contribution >= 0.6 is 0 Å². The molecule has 1 atom stereocenters. The Hall–Kier alpha value is -0.830. The van der Waals surface area contributed by atoms with E-state index in [-0.39, 0.29) is 6.04 Å². The Morgan fingerprint density at radius 1 is 1.69 bits per heavy atom. The lowest BCUT2D eigenvalue weighted by Gasteiger charge is -2.13. The van der Waals surface area contributed by atoms with Crippen molar-refractivity contribution in [3.8, 4) is 0 Å². The summed E-state index contributed by atoms with van der Waals surface area (Å²) in [5.74, 6) is -0.381. The highest BCUT2D eigenvalue weighted by Crippen LogP contribution is 2.32. The molecule has 13 heavy (non-hydrogen) atoms. The topological polar surface area (TPSA) is 49.3 Å². The molecule has 0 amide bonds. The minimum absolute atomic E-state index is 0.349. The van der Waals surface area contributed by atoms with Crippen molar-refractivity contribution in [2.45, 2.75) is 32.2 Å². The average Bonchev–Trinajstić information content (AvgIpc) is 2.87. The van der Waals surface area contributed by atoms with Crippen LogP contribution in [0.5, 0.6) is 0 Å². The summed E-state index contributed by atoms with van der Waals surface area (Å²) in [4.78, 5) is 10.8. The Labute approximate surface area is 78.8 Å². The van der Waals surface area contributed by atoms with E-state index < -0.39 is 5.97 Å². The van der Waals surface area contributed by atoms with Gasteiger partial charge >= 0.3 is 5.97 Å². The Kier molecular flexibility index (Phi) is 3.48. The minimum atomic E-state index is -0.730. The summed E-state index contributed by atoms with van der Waals surface area (Å²) >= 11 is 0. The zero-order chi connectivity index (χ0) is 9.84. The van der Waals surface area contributed by atoms with Gasteiger partial charge in [-0.3, -0.25) is 4.79 Å². The molecule has 0 spiro atoms. The van der Waals surface area contributed by atoms with Crippen LogP contribution in [0.3, 0.4) is 0 Å². The van der Waals surface area contributed by atoms with Crippen LogP contribution in [0.2, 0.25) is 0 Å². The van der Waals surface area contributed by atoms with Gasteiger partial charge in [-0.2, -0.15) is 0 Å². The van der Waals surface area contributed by atoms with Gasteiger partial charge < -0.3 is 10.4 Å². The summed E-state index contributed by atoms with van der Waals surface area (Å²) in [5.41, 5.74) is 1.06. The highest BCUT2D eigenvalue weighted by molar-refractivity contribution is 5.74. The first-order chi connectivity index (χ1) is 6.15. The van der Waals surface area contributed by atoms with Crippen LogP contribution < -0.4 is 5.32 Å². The molecule has 0 bridgehead atoms. The van der Waals surface area contributed by atoms with Crippen LogP contribution in [-0.2, 0) is 4.79 Å². The molecule has 0 radical (unpaired) electrons. The van der Waals surface area contributed by atoms with Crippen LogP contribution in [0, 0.1) is 5.92 Å². The van der Waals surface area contributed by atoms with Gasteiger partial charge in [0, 0.05) is 6.54 Å². The number of hydrogen-bond donors (Lipinski definition) is 2. The van der Waals surface area contributed by atoms with Crippen LogP contribution in [-0.4, -0.2) is 23.7 Å². The summed E-state index contributed by atoms with van der Waals surface area (Å²) in [7, 11) is 0. The van der Waals surface area contributed by atoms with E-state index in [0.717, 1.165) is 24.8 Å². The number of carboxylic acids is 1. The summed E-state index contributed by atoms with van der Waals surface area (Å²) in [6, 6.07) is -0.358. The molecule has 0 heterocycles. The largest absolute Gasteiger partial charge is 0.480 e. The van der Waals surface area contributed by atoms with E-state index in [9.17, 15) is 4.79 Å². The van der Waals surface area contributed by atoms with Crippen LogP contribution in [0.15, 0.2) is 12.2 Å². The third-order valence-electron chi connectivity index (χ3n) is 2.43. The van der Waals surface area contributed by atoms with Crippen molar-refractivity contribution in [2.24, 2.45) is 5.92 Å². The molecule has 1 rings (SSSR count). The second-order valence-electron chi connectivity index (χ2n) is 3.64. The molecule has 3 nitrogen and oxygen atoms in total. The predicted octanol–water partition coefficient (Wildman–Crippen LogP) is 1.41. The number of rotatable bonds is 6. The van der Waals surface area contributed by atoms with Crippen molar-refractivity contribution in [3.63, 3.8) is 0 Å². The number of carbonyl (C=O) groups is 1. The van der Waals surface area contributed by atoms with Crippen LogP contribution in [0.25, 0.3) is 0 Å². The fraction of sp³-hybridized carbons (Fsp3) is 0.700. The average molecular weight is 183 g/mol. The van der Waals surface area contributed by atoms with Crippen molar-refractivity contribution >= 4 is 5.97 Å². The van der Waals surface area contributed by atoms with Gasteiger partial charge in [-0.25, -0.2) is 0 Å². The lowest BCUT2D eigenvalue weighted by molar-refractivity contribution is -0.140. The molecule has 0 aromatic rings. The van der Waals surface area contributed by atoms with E-state index in [0.29, 0.717) is 12.5 Å². The molecular formula is C10H17NO2.